The molecule has 1 unspecified atom stereocenters. The van der Waals surface area contributed by atoms with Gasteiger partial charge in [0.15, 0.2) is 6.07 Å². The van der Waals surface area contributed by atoms with Crippen molar-refractivity contribution >= 4 is 0 Å². The summed E-state index contributed by atoms with van der Waals surface area (Å²) in [4.78, 5) is 0. The molecule has 0 radical (unpaired) electrons. The standard InChI is InChI=1S/C9H13NO/c1-8(2,3)9(4,11)6-5-7-10/h11H,1-4H3. The van der Waals surface area contributed by atoms with Crippen LogP contribution in [0, 0.1) is 28.6 Å². The third-order valence-corrected chi connectivity index (χ3v) is 1.82. The summed E-state index contributed by atoms with van der Waals surface area (Å²) in [5.41, 5.74) is -1.42. The van der Waals surface area contributed by atoms with Crippen LogP contribution in [-0.2, 0) is 0 Å². The quantitative estimate of drug-likeness (QED) is 0.530. The van der Waals surface area contributed by atoms with Gasteiger partial charge in [0, 0.05) is 11.3 Å². The van der Waals surface area contributed by atoms with E-state index in [2.05, 4.69) is 11.8 Å². The van der Waals surface area contributed by atoms with Crippen LogP contribution < -0.4 is 0 Å². The molecular weight excluding hydrogens is 138 g/mol. The summed E-state index contributed by atoms with van der Waals surface area (Å²) >= 11 is 0. The van der Waals surface area contributed by atoms with Crippen LogP contribution in [0.2, 0.25) is 0 Å². The van der Waals surface area contributed by atoms with Crippen LogP contribution in [0.5, 0.6) is 0 Å². The lowest BCUT2D eigenvalue weighted by molar-refractivity contribution is 0.0129. The monoisotopic (exact) mass is 151 g/mol. The largest absolute Gasteiger partial charge is 0.377 e. The fourth-order valence-corrected chi connectivity index (χ4v) is 0.337. The fraction of sp³-hybridized carbons (Fsp3) is 0.667. The van der Waals surface area contributed by atoms with Gasteiger partial charge in [-0.1, -0.05) is 26.7 Å². The first-order valence-electron chi connectivity index (χ1n) is 3.45. The molecule has 0 bridgehead atoms. The van der Waals surface area contributed by atoms with E-state index in [1.807, 2.05) is 20.8 Å². The summed E-state index contributed by atoms with van der Waals surface area (Å²) < 4.78 is 0. The van der Waals surface area contributed by atoms with Crippen molar-refractivity contribution in [2.45, 2.75) is 33.3 Å². The number of rotatable bonds is 0. The van der Waals surface area contributed by atoms with Gasteiger partial charge in [-0.05, 0) is 6.92 Å². The minimum absolute atomic E-state index is 0.323. The summed E-state index contributed by atoms with van der Waals surface area (Å²) in [6, 6.07) is 1.67. The summed E-state index contributed by atoms with van der Waals surface area (Å²) in [5, 5.41) is 17.8. The van der Waals surface area contributed by atoms with Gasteiger partial charge < -0.3 is 5.11 Å². The van der Waals surface area contributed by atoms with Gasteiger partial charge in [-0.2, -0.15) is 5.26 Å². The lowest BCUT2D eigenvalue weighted by Gasteiger charge is -2.31. The maximum atomic E-state index is 9.66. The van der Waals surface area contributed by atoms with Gasteiger partial charge >= 0.3 is 0 Å². The van der Waals surface area contributed by atoms with Gasteiger partial charge in [-0.15, -0.1) is 0 Å². The van der Waals surface area contributed by atoms with E-state index in [0.717, 1.165) is 0 Å². The van der Waals surface area contributed by atoms with Crippen molar-refractivity contribution in [1.29, 1.82) is 5.26 Å². The van der Waals surface area contributed by atoms with Crippen molar-refractivity contribution in [2.75, 3.05) is 0 Å². The van der Waals surface area contributed by atoms with E-state index in [9.17, 15) is 5.11 Å². The molecular formula is C9H13NO. The molecule has 2 nitrogen and oxygen atoms in total. The Hall–Kier alpha value is -0.990. The van der Waals surface area contributed by atoms with Crippen molar-refractivity contribution in [3.05, 3.63) is 0 Å². The summed E-state index contributed by atoms with van der Waals surface area (Å²) in [5.74, 6) is 4.69. The Bertz CT molecular complexity index is 229. The molecule has 0 saturated carbocycles. The number of aliphatic hydroxyl groups is 1. The zero-order chi connectivity index (χ0) is 9.12. The highest BCUT2D eigenvalue weighted by Crippen LogP contribution is 2.28. The lowest BCUT2D eigenvalue weighted by Crippen LogP contribution is -2.38. The zero-order valence-electron chi connectivity index (χ0n) is 7.39. The van der Waals surface area contributed by atoms with E-state index in [1.54, 1.807) is 13.0 Å². The third-order valence-electron chi connectivity index (χ3n) is 1.82. The van der Waals surface area contributed by atoms with Crippen molar-refractivity contribution in [2.24, 2.45) is 5.41 Å². The van der Waals surface area contributed by atoms with Crippen LogP contribution in [0.15, 0.2) is 0 Å². The van der Waals surface area contributed by atoms with Gasteiger partial charge in [0.1, 0.15) is 5.60 Å². The minimum Gasteiger partial charge on any atom is -0.377 e. The maximum Gasteiger partial charge on any atom is 0.152 e. The van der Waals surface area contributed by atoms with Gasteiger partial charge in [0.25, 0.3) is 0 Å². The molecule has 2 heteroatoms. The van der Waals surface area contributed by atoms with Gasteiger partial charge in [-0.3, -0.25) is 0 Å². The van der Waals surface area contributed by atoms with E-state index in [1.165, 1.54) is 0 Å². The Morgan fingerprint density at radius 2 is 1.64 bits per heavy atom. The number of hydrogen-bond acceptors (Lipinski definition) is 2. The summed E-state index contributed by atoms with van der Waals surface area (Å²) in [6.07, 6.45) is 0. The first kappa shape index (κ1) is 10.0. The normalized spacial score (nSPS) is 15.6. The summed E-state index contributed by atoms with van der Waals surface area (Å²) in [6.45, 7) is 7.23. The highest BCUT2D eigenvalue weighted by Gasteiger charge is 2.33. The average molecular weight is 151 g/mol. The molecule has 60 valence electrons. The van der Waals surface area contributed by atoms with Crippen molar-refractivity contribution in [3.8, 4) is 17.9 Å². The molecule has 0 rings (SSSR count). The Kier molecular flexibility index (Phi) is 2.68. The van der Waals surface area contributed by atoms with Gasteiger partial charge in [0.2, 0.25) is 0 Å². The highest BCUT2D eigenvalue weighted by atomic mass is 16.3. The number of hydrogen-bond donors (Lipinski definition) is 1. The molecule has 0 spiro atoms. The first-order valence-corrected chi connectivity index (χ1v) is 3.45. The second kappa shape index (κ2) is 2.95. The van der Waals surface area contributed by atoms with E-state index in [-0.39, 0.29) is 5.41 Å². The van der Waals surface area contributed by atoms with Crippen LogP contribution in [0.4, 0.5) is 0 Å². The van der Waals surface area contributed by atoms with Crippen molar-refractivity contribution < 1.29 is 5.11 Å². The molecule has 0 aliphatic rings. The predicted molar refractivity (Wildman–Crippen MR) is 43.5 cm³/mol. The Morgan fingerprint density at radius 3 is 1.91 bits per heavy atom. The lowest BCUT2D eigenvalue weighted by atomic mass is 9.78. The van der Waals surface area contributed by atoms with Crippen LogP contribution >= 0.6 is 0 Å². The van der Waals surface area contributed by atoms with Crippen LogP contribution in [0.3, 0.4) is 0 Å². The van der Waals surface area contributed by atoms with Gasteiger partial charge in [-0.25, -0.2) is 0 Å². The summed E-state index contributed by atoms with van der Waals surface area (Å²) in [7, 11) is 0. The van der Waals surface area contributed by atoms with E-state index >= 15 is 0 Å². The van der Waals surface area contributed by atoms with E-state index in [4.69, 9.17) is 5.26 Å². The molecule has 0 aromatic rings. The molecule has 0 aliphatic carbocycles. The molecule has 0 heterocycles. The molecule has 0 aliphatic heterocycles. The minimum atomic E-state index is -1.09. The predicted octanol–water partition coefficient (Wildman–Crippen LogP) is 1.31. The van der Waals surface area contributed by atoms with Crippen LogP contribution in [0.1, 0.15) is 27.7 Å². The molecule has 0 aromatic heterocycles. The maximum absolute atomic E-state index is 9.66. The highest BCUT2D eigenvalue weighted by molar-refractivity contribution is 5.24. The number of nitriles is 1. The second-order valence-electron chi connectivity index (χ2n) is 3.68. The fourth-order valence-electron chi connectivity index (χ4n) is 0.337. The van der Waals surface area contributed by atoms with Crippen molar-refractivity contribution in [1.82, 2.24) is 0 Å². The molecule has 1 atom stereocenters. The Labute approximate surface area is 67.8 Å². The smallest absolute Gasteiger partial charge is 0.152 e. The van der Waals surface area contributed by atoms with Crippen LogP contribution in [-0.4, -0.2) is 10.7 Å². The Balaban J connectivity index is 4.64. The SMILES string of the molecule is CC(C)(C)C(C)(O)C#CC#N. The number of nitrogens with zero attached hydrogens (tertiary/aromatic N) is 1. The molecule has 0 saturated heterocycles. The molecule has 1 N–H and O–H groups in total. The Morgan fingerprint density at radius 1 is 1.18 bits per heavy atom. The second-order valence-corrected chi connectivity index (χ2v) is 3.68. The molecule has 0 aromatic carbocycles. The van der Waals surface area contributed by atoms with Crippen LogP contribution in [0.25, 0.3) is 0 Å². The first-order chi connectivity index (χ1) is 4.81. The molecule has 11 heavy (non-hydrogen) atoms. The zero-order valence-corrected chi connectivity index (χ0v) is 7.39. The third kappa shape index (κ3) is 2.62. The molecule has 0 fully saturated rings. The van der Waals surface area contributed by atoms with E-state index in [0.29, 0.717) is 0 Å². The molecule has 0 amide bonds. The van der Waals surface area contributed by atoms with E-state index < -0.39 is 5.60 Å². The topological polar surface area (TPSA) is 44.0 Å². The average Bonchev–Trinajstić information content (AvgIpc) is 1.81. The van der Waals surface area contributed by atoms with Gasteiger partial charge in [0.05, 0.1) is 0 Å². The van der Waals surface area contributed by atoms with Crippen molar-refractivity contribution in [3.63, 3.8) is 0 Å².